The molecule has 0 fully saturated rings. The molecule has 1 aromatic rings. The maximum absolute atomic E-state index is 12.0. The number of rotatable bonds is 6. The van der Waals surface area contributed by atoms with Gasteiger partial charge in [0.2, 0.25) is 10.0 Å². The van der Waals surface area contributed by atoms with Crippen LogP contribution in [0.15, 0.2) is 15.4 Å². The van der Waals surface area contributed by atoms with Crippen molar-refractivity contribution >= 4 is 15.9 Å². The molecule has 1 amide bonds. The van der Waals surface area contributed by atoms with Gasteiger partial charge in [-0.25, -0.2) is 12.7 Å². The first-order valence-electron chi connectivity index (χ1n) is 5.76. The van der Waals surface area contributed by atoms with Gasteiger partial charge >= 0.3 is 0 Å². The largest absolute Gasteiger partial charge is 0.455 e. The van der Waals surface area contributed by atoms with Gasteiger partial charge in [0.1, 0.15) is 10.7 Å². The number of sulfonamides is 1. The molecule has 108 valence electrons. The second-order valence-electron chi connectivity index (χ2n) is 4.18. The number of hydrogen-bond acceptors (Lipinski definition) is 5. The van der Waals surface area contributed by atoms with E-state index in [1.54, 1.807) is 7.05 Å². The lowest BCUT2D eigenvalue weighted by Crippen LogP contribution is -2.30. The molecule has 0 bridgehead atoms. The van der Waals surface area contributed by atoms with Gasteiger partial charge in [0.05, 0.1) is 0 Å². The molecule has 0 aliphatic rings. The molecule has 0 aromatic carbocycles. The molecule has 1 heterocycles. The third-order valence-electron chi connectivity index (χ3n) is 2.52. The van der Waals surface area contributed by atoms with Crippen molar-refractivity contribution in [3.8, 4) is 0 Å². The van der Waals surface area contributed by atoms with Crippen LogP contribution < -0.4 is 10.6 Å². The Morgan fingerprint density at radius 1 is 1.37 bits per heavy atom. The van der Waals surface area contributed by atoms with Crippen LogP contribution in [-0.2, 0) is 10.0 Å². The first-order valence-corrected chi connectivity index (χ1v) is 7.20. The topological polar surface area (TPSA) is 91.6 Å². The summed E-state index contributed by atoms with van der Waals surface area (Å²) in [5, 5.41) is 5.50. The highest BCUT2D eigenvalue weighted by Gasteiger charge is 2.25. The number of amides is 1. The first-order chi connectivity index (χ1) is 8.80. The normalized spacial score (nSPS) is 11.8. The van der Waals surface area contributed by atoms with Crippen molar-refractivity contribution in [1.82, 2.24) is 14.9 Å². The smallest absolute Gasteiger partial charge is 0.287 e. The van der Waals surface area contributed by atoms with Crippen molar-refractivity contribution in [3.63, 3.8) is 0 Å². The van der Waals surface area contributed by atoms with Crippen LogP contribution in [0, 0.1) is 6.92 Å². The van der Waals surface area contributed by atoms with Crippen molar-refractivity contribution in [2.75, 3.05) is 34.2 Å². The quantitative estimate of drug-likeness (QED) is 0.707. The van der Waals surface area contributed by atoms with Crippen molar-refractivity contribution in [1.29, 1.82) is 0 Å². The Labute approximate surface area is 113 Å². The van der Waals surface area contributed by atoms with Crippen molar-refractivity contribution in [2.45, 2.75) is 11.8 Å². The molecule has 0 saturated carbocycles. The van der Waals surface area contributed by atoms with Crippen LogP contribution in [0.1, 0.15) is 16.3 Å². The number of nitrogens with zero attached hydrogens (tertiary/aromatic N) is 1. The van der Waals surface area contributed by atoms with E-state index in [-0.39, 0.29) is 16.4 Å². The van der Waals surface area contributed by atoms with Gasteiger partial charge in [-0.1, -0.05) is 0 Å². The average molecular weight is 289 g/mol. The van der Waals surface area contributed by atoms with E-state index >= 15 is 0 Å². The molecule has 0 unspecified atom stereocenters. The average Bonchev–Trinajstić information content (AvgIpc) is 2.72. The zero-order valence-electron chi connectivity index (χ0n) is 11.5. The summed E-state index contributed by atoms with van der Waals surface area (Å²) in [6.45, 7) is 2.57. The Morgan fingerprint density at radius 3 is 2.53 bits per heavy atom. The Morgan fingerprint density at radius 2 is 2.00 bits per heavy atom. The highest BCUT2D eigenvalue weighted by atomic mass is 32.2. The van der Waals surface area contributed by atoms with Gasteiger partial charge in [0.15, 0.2) is 5.76 Å². The van der Waals surface area contributed by atoms with Crippen LogP contribution in [0.3, 0.4) is 0 Å². The lowest BCUT2D eigenvalue weighted by Gasteiger charge is -2.09. The molecule has 0 spiro atoms. The van der Waals surface area contributed by atoms with Gasteiger partial charge in [0.25, 0.3) is 5.91 Å². The fourth-order valence-electron chi connectivity index (χ4n) is 1.42. The lowest BCUT2D eigenvalue weighted by molar-refractivity contribution is 0.0925. The summed E-state index contributed by atoms with van der Waals surface area (Å²) in [4.78, 5) is 11.8. The Balaban J connectivity index is 2.94. The van der Waals surface area contributed by atoms with Crippen molar-refractivity contribution in [2.24, 2.45) is 0 Å². The van der Waals surface area contributed by atoms with Crippen molar-refractivity contribution < 1.29 is 17.6 Å². The molecular weight excluding hydrogens is 270 g/mol. The Hall–Kier alpha value is -1.38. The van der Waals surface area contributed by atoms with E-state index in [2.05, 4.69) is 10.6 Å². The first kappa shape index (κ1) is 15.7. The Bertz CT molecular complexity index is 548. The molecule has 1 aromatic heterocycles. The van der Waals surface area contributed by atoms with Gasteiger partial charge in [-0.3, -0.25) is 4.79 Å². The number of nitrogens with one attached hydrogen (secondary N) is 2. The Kier molecular flexibility index (Phi) is 5.10. The summed E-state index contributed by atoms with van der Waals surface area (Å²) in [5.74, 6) is -0.236. The standard InChI is InChI=1S/C11H19N3O4S/c1-8-10(19(16,17)14(3)4)7-9(18-8)11(15)13-6-5-12-2/h7,12H,5-6H2,1-4H3,(H,13,15). The van der Waals surface area contributed by atoms with E-state index < -0.39 is 15.9 Å². The highest BCUT2D eigenvalue weighted by Crippen LogP contribution is 2.22. The molecular formula is C11H19N3O4S. The minimum atomic E-state index is -3.60. The van der Waals surface area contributed by atoms with Crippen LogP contribution >= 0.6 is 0 Å². The number of carbonyl (C=O) groups is 1. The molecule has 8 heteroatoms. The monoisotopic (exact) mass is 289 g/mol. The summed E-state index contributed by atoms with van der Waals surface area (Å²) in [7, 11) is 1.02. The van der Waals surface area contributed by atoms with E-state index in [1.807, 2.05) is 0 Å². The summed E-state index contributed by atoms with van der Waals surface area (Å²) in [6, 6.07) is 1.25. The fourth-order valence-corrected chi connectivity index (χ4v) is 2.47. The van der Waals surface area contributed by atoms with Crippen molar-refractivity contribution in [3.05, 3.63) is 17.6 Å². The molecule has 0 aliphatic heterocycles. The summed E-state index contributed by atoms with van der Waals surface area (Å²) in [5.41, 5.74) is 0. The highest BCUT2D eigenvalue weighted by molar-refractivity contribution is 7.89. The summed E-state index contributed by atoms with van der Waals surface area (Å²) in [6.07, 6.45) is 0. The van der Waals surface area contributed by atoms with Gasteiger partial charge in [0, 0.05) is 33.3 Å². The van der Waals surface area contributed by atoms with Gasteiger partial charge in [-0.05, 0) is 14.0 Å². The maximum Gasteiger partial charge on any atom is 0.287 e. The molecule has 0 saturated heterocycles. The third-order valence-corrected chi connectivity index (χ3v) is 4.44. The summed E-state index contributed by atoms with van der Waals surface area (Å²) < 4.78 is 30.2. The molecule has 2 N–H and O–H groups in total. The van der Waals surface area contributed by atoms with E-state index in [0.29, 0.717) is 13.1 Å². The van der Waals surface area contributed by atoms with E-state index in [1.165, 1.54) is 27.1 Å². The third kappa shape index (κ3) is 3.55. The van der Waals surface area contributed by atoms with Crippen LogP contribution in [0.2, 0.25) is 0 Å². The fraction of sp³-hybridized carbons (Fsp3) is 0.545. The predicted molar refractivity (Wildman–Crippen MR) is 70.6 cm³/mol. The molecule has 7 nitrogen and oxygen atoms in total. The van der Waals surface area contributed by atoms with Gasteiger partial charge < -0.3 is 15.1 Å². The second kappa shape index (κ2) is 6.18. The number of furan rings is 1. The number of likely N-dealkylation sites (N-methyl/N-ethyl adjacent to an activating group) is 1. The molecule has 1 rings (SSSR count). The van der Waals surface area contributed by atoms with E-state index in [9.17, 15) is 13.2 Å². The van der Waals surface area contributed by atoms with Crippen LogP contribution in [0.4, 0.5) is 0 Å². The second-order valence-corrected chi connectivity index (χ2v) is 6.30. The van der Waals surface area contributed by atoms with Crippen LogP contribution in [0.5, 0.6) is 0 Å². The summed E-state index contributed by atoms with van der Waals surface area (Å²) >= 11 is 0. The molecule has 0 radical (unpaired) electrons. The van der Waals surface area contributed by atoms with Gasteiger partial charge in [-0.2, -0.15) is 0 Å². The van der Waals surface area contributed by atoms with Crippen LogP contribution in [0.25, 0.3) is 0 Å². The molecule has 0 atom stereocenters. The minimum absolute atomic E-state index is 0.00553. The zero-order chi connectivity index (χ0) is 14.6. The van der Waals surface area contributed by atoms with E-state index in [4.69, 9.17) is 4.42 Å². The maximum atomic E-state index is 12.0. The number of carbonyl (C=O) groups excluding carboxylic acids is 1. The predicted octanol–water partition coefficient (Wildman–Crippen LogP) is -0.212. The number of aryl methyl sites for hydroxylation is 1. The molecule has 0 aliphatic carbocycles. The SMILES string of the molecule is CNCCNC(=O)c1cc(S(=O)(=O)N(C)C)c(C)o1. The van der Waals surface area contributed by atoms with Gasteiger partial charge in [-0.15, -0.1) is 0 Å². The number of hydrogen-bond donors (Lipinski definition) is 2. The van der Waals surface area contributed by atoms with E-state index in [0.717, 1.165) is 4.31 Å². The lowest BCUT2D eigenvalue weighted by atomic mass is 10.4. The van der Waals surface area contributed by atoms with Crippen LogP contribution in [-0.4, -0.2) is 52.9 Å². The minimum Gasteiger partial charge on any atom is -0.455 e. The molecule has 19 heavy (non-hydrogen) atoms. The zero-order valence-corrected chi connectivity index (χ0v) is 12.3.